The Morgan fingerprint density at radius 3 is 2.43 bits per heavy atom. The summed E-state index contributed by atoms with van der Waals surface area (Å²) in [4.78, 5) is 13.4. The maximum absolute atomic E-state index is 13.4. The second-order valence-electron chi connectivity index (χ2n) is 11.0. The van der Waals surface area contributed by atoms with Crippen LogP contribution in [0.15, 0.2) is 48.5 Å². The van der Waals surface area contributed by atoms with Gasteiger partial charge in [-0.25, -0.2) is 0 Å². The molecule has 4 nitrogen and oxygen atoms in total. The highest BCUT2D eigenvalue weighted by molar-refractivity contribution is 6.01. The Bertz CT molecular complexity index is 928. The summed E-state index contributed by atoms with van der Waals surface area (Å²) in [6, 6.07) is 15.7. The van der Waals surface area contributed by atoms with Crippen molar-refractivity contribution in [1.29, 1.82) is 0 Å². The molecule has 0 bridgehead atoms. The lowest BCUT2D eigenvalue weighted by Gasteiger charge is -2.33. The second-order valence-corrected chi connectivity index (χ2v) is 11.0. The average molecular weight is 481 g/mol. The van der Waals surface area contributed by atoms with E-state index in [2.05, 4.69) is 20.8 Å². The van der Waals surface area contributed by atoms with Crippen molar-refractivity contribution in [1.82, 2.24) is 0 Å². The number of unbranched alkanes of at least 4 members (excludes halogenated alkanes) is 3. The molecule has 1 fully saturated rings. The summed E-state index contributed by atoms with van der Waals surface area (Å²) in [5.74, 6) is 0.132. The first kappa shape index (κ1) is 27.4. The van der Waals surface area contributed by atoms with Crippen LogP contribution in [0.3, 0.4) is 0 Å². The molecule has 0 radical (unpaired) electrons. The number of hydrogen-bond acceptors (Lipinski definition) is 4. The molecule has 0 aromatic heterocycles. The number of Topliss-reactive ketones (excluding diaryl/α,β-unsaturated/α-hetero) is 1. The predicted octanol–water partition coefficient (Wildman–Crippen LogP) is 7.14. The molecule has 2 aromatic rings. The molecule has 1 atom stereocenters. The highest BCUT2D eigenvalue weighted by atomic mass is 16.5. The van der Waals surface area contributed by atoms with Crippen molar-refractivity contribution in [2.24, 2.45) is 0 Å². The largest absolute Gasteiger partial charge is 0.488 e. The van der Waals surface area contributed by atoms with E-state index >= 15 is 0 Å². The summed E-state index contributed by atoms with van der Waals surface area (Å²) in [7, 11) is 0. The van der Waals surface area contributed by atoms with Crippen LogP contribution in [-0.4, -0.2) is 27.7 Å². The molecule has 3 rings (SSSR count). The molecule has 0 heterocycles. The number of carbonyl (C=O) groups excluding carboxylic acids is 1. The van der Waals surface area contributed by atoms with Gasteiger partial charge in [0.05, 0.1) is 11.2 Å². The van der Waals surface area contributed by atoms with E-state index in [1.807, 2.05) is 42.5 Å². The van der Waals surface area contributed by atoms with Crippen LogP contribution in [0, 0.1) is 0 Å². The van der Waals surface area contributed by atoms with Crippen LogP contribution < -0.4 is 4.74 Å². The maximum atomic E-state index is 13.4. The van der Waals surface area contributed by atoms with E-state index in [9.17, 15) is 15.0 Å². The monoisotopic (exact) mass is 480 g/mol. The Morgan fingerprint density at radius 2 is 1.74 bits per heavy atom. The van der Waals surface area contributed by atoms with Crippen molar-refractivity contribution in [2.75, 3.05) is 0 Å². The molecule has 2 N–H and O–H groups in total. The fraction of sp³-hybridized carbons (Fsp3) is 0.581. The predicted molar refractivity (Wildman–Crippen MR) is 142 cm³/mol. The first-order valence-electron chi connectivity index (χ1n) is 13.5. The SMILES string of the molecule is CCCCCCC(C)(C)c1ccc(C(=O)C(O)CC2(O)CCCCC2)c(OCc2ccccc2)c1. The fourth-order valence-electron chi connectivity index (χ4n) is 5.19. The van der Waals surface area contributed by atoms with Gasteiger partial charge in [0.25, 0.3) is 0 Å². The van der Waals surface area contributed by atoms with Crippen molar-refractivity contribution in [3.63, 3.8) is 0 Å². The Balaban J connectivity index is 1.82. The van der Waals surface area contributed by atoms with Gasteiger partial charge in [-0.1, -0.05) is 102 Å². The summed E-state index contributed by atoms with van der Waals surface area (Å²) >= 11 is 0. The molecule has 2 aromatic carbocycles. The zero-order chi connectivity index (χ0) is 25.3. The molecular formula is C31H44O4. The average Bonchev–Trinajstić information content (AvgIpc) is 2.85. The van der Waals surface area contributed by atoms with Crippen LogP contribution in [-0.2, 0) is 12.0 Å². The summed E-state index contributed by atoms with van der Waals surface area (Å²) in [5, 5.41) is 21.7. The maximum Gasteiger partial charge on any atom is 0.195 e. The molecule has 1 aliphatic rings. The lowest BCUT2D eigenvalue weighted by Crippen LogP contribution is -2.38. The van der Waals surface area contributed by atoms with E-state index in [4.69, 9.17) is 4.74 Å². The minimum Gasteiger partial charge on any atom is -0.488 e. The number of carbonyl (C=O) groups is 1. The molecule has 0 saturated heterocycles. The van der Waals surface area contributed by atoms with Crippen molar-refractivity contribution in [3.8, 4) is 5.75 Å². The summed E-state index contributed by atoms with van der Waals surface area (Å²) in [6.07, 6.45) is 9.00. The number of ketones is 1. The van der Waals surface area contributed by atoms with Gasteiger partial charge in [-0.2, -0.15) is 0 Å². The van der Waals surface area contributed by atoms with Crippen LogP contribution in [0.4, 0.5) is 0 Å². The minimum absolute atomic E-state index is 0.0456. The fourth-order valence-corrected chi connectivity index (χ4v) is 5.19. The third-order valence-corrected chi connectivity index (χ3v) is 7.58. The smallest absolute Gasteiger partial charge is 0.195 e. The molecule has 1 aliphatic carbocycles. The lowest BCUT2D eigenvalue weighted by molar-refractivity contribution is -0.0322. The molecule has 1 saturated carbocycles. The van der Waals surface area contributed by atoms with E-state index in [-0.39, 0.29) is 17.6 Å². The van der Waals surface area contributed by atoms with Gasteiger partial charge < -0.3 is 14.9 Å². The zero-order valence-corrected chi connectivity index (χ0v) is 21.9. The van der Waals surface area contributed by atoms with Crippen LogP contribution in [0.5, 0.6) is 5.75 Å². The van der Waals surface area contributed by atoms with Gasteiger partial charge in [0, 0.05) is 6.42 Å². The van der Waals surface area contributed by atoms with Crippen molar-refractivity contribution < 1.29 is 19.7 Å². The molecular weight excluding hydrogens is 436 g/mol. The highest BCUT2D eigenvalue weighted by Crippen LogP contribution is 2.36. The standard InChI is InChI=1S/C31H44O4/c1-4-5-6-11-18-30(2,3)25-16-17-26(28(21-25)35-23-24-14-9-7-10-15-24)29(33)27(32)22-31(34)19-12-8-13-20-31/h7,9-10,14-17,21,27,32,34H,4-6,8,11-13,18-20,22-23H2,1-3H3. The van der Waals surface area contributed by atoms with E-state index in [0.29, 0.717) is 30.8 Å². The van der Waals surface area contributed by atoms with Crippen LogP contribution in [0.25, 0.3) is 0 Å². The molecule has 4 heteroatoms. The highest BCUT2D eigenvalue weighted by Gasteiger charge is 2.35. The van der Waals surface area contributed by atoms with Gasteiger partial charge in [-0.3, -0.25) is 4.79 Å². The first-order chi connectivity index (χ1) is 16.7. The summed E-state index contributed by atoms with van der Waals surface area (Å²) < 4.78 is 6.19. The minimum atomic E-state index is -1.25. The van der Waals surface area contributed by atoms with Crippen LogP contribution in [0.2, 0.25) is 0 Å². The van der Waals surface area contributed by atoms with Gasteiger partial charge in [0.15, 0.2) is 5.78 Å². The Kier molecular flexibility index (Phi) is 9.94. The number of benzene rings is 2. The van der Waals surface area contributed by atoms with Gasteiger partial charge in [0.1, 0.15) is 18.5 Å². The quantitative estimate of drug-likeness (QED) is 0.236. The molecule has 0 spiro atoms. The van der Waals surface area contributed by atoms with Crippen LogP contribution in [0.1, 0.15) is 113 Å². The number of aliphatic hydroxyl groups is 2. The Morgan fingerprint density at radius 1 is 1.03 bits per heavy atom. The van der Waals surface area contributed by atoms with Gasteiger partial charge in [-0.15, -0.1) is 0 Å². The normalized spacial score (nSPS) is 16.6. The number of rotatable bonds is 13. The van der Waals surface area contributed by atoms with Crippen molar-refractivity contribution in [2.45, 2.75) is 115 Å². The molecule has 192 valence electrons. The number of hydrogen-bond donors (Lipinski definition) is 2. The van der Waals surface area contributed by atoms with Crippen molar-refractivity contribution >= 4 is 5.78 Å². The number of ether oxygens (including phenoxy) is 1. The first-order valence-corrected chi connectivity index (χ1v) is 13.5. The van der Waals surface area contributed by atoms with Gasteiger partial charge >= 0.3 is 0 Å². The topological polar surface area (TPSA) is 66.8 Å². The van der Waals surface area contributed by atoms with Crippen molar-refractivity contribution in [3.05, 3.63) is 65.2 Å². The molecule has 0 amide bonds. The van der Waals surface area contributed by atoms with Crippen LogP contribution >= 0.6 is 0 Å². The molecule has 0 aliphatic heterocycles. The molecule has 35 heavy (non-hydrogen) atoms. The third-order valence-electron chi connectivity index (χ3n) is 7.58. The zero-order valence-electron chi connectivity index (χ0n) is 21.9. The third kappa shape index (κ3) is 7.91. The lowest BCUT2D eigenvalue weighted by atomic mass is 9.78. The van der Waals surface area contributed by atoms with Gasteiger partial charge in [-0.05, 0) is 47.9 Å². The Hall–Kier alpha value is -2.17. The van der Waals surface area contributed by atoms with E-state index in [1.54, 1.807) is 6.07 Å². The summed E-state index contributed by atoms with van der Waals surface area (Å²) in [6.45, 7) is 7.05. The van der Waals surface area contributed by atoms with E-state index < -0.39 is 11.7 Å². The second kappa shape index (κ2) is 12.7. The van der Waals surface area contributed by atoms with E-state index in [0.717, 1.165) is 36.8 Å². The summed E-state index contributed by atoms with van der Waals surface area (Å²) in [5.41, 5.74) is 1.54. The molecule has 1 unspecified atom stereocenters. The van der Waals surface area contributed by atoms with Gasteiger partial charge in [0.2, 0.25) is 0 Å². The number of aliphatic hydroxyl groups excluding tert-OH is 1. The van der Waals surface area contributed by atoms with E-state index in [1.165, 1.54) is 25.7 Å². The Labute approximate surface area is 211 Å².